The van der Waals surface area contributed by atoms with E-state index in [1.165, 1.54) is 5.01 Å². The highest BCUT2D eigenvalue weighted by Gasteiger charge is 2.34. The number of aryl methyl sites for hydroxylation is 1. The van der Waals surface area contributed by atoms with E-state index in [0.717, 1.165) is 11.3 Å². The van der Waals surface area contributed by atoms with Crippen molar-refractivity contribution in [2.45, 2.75) is 13.3 Å². The molecule has 0 aromatic heterocycles. The minimum Gasteiger partial charge on any atom is -0.275 e. The van der Waals surface area contributed by atoms with Crippen molar-refractivity contribution in [3.63, 3.8) is 0 Å². The number of benzene rings is 2. The second-order valence-corrected chi connectivity index (χ2v) is 5.09. The van der Waals surface area contributed by atoms with Crippen LogP contribution in [-0.4, -0.2) is 23.4 Å². The summed E-state index contributed by atoms with van der Waals surface area (Å²) in [7, 11) is 0. The van der Waals surface area contributed by atoms with Gasteiger partial charge in [-0.25, -0.2) is 0 Å². The maximum absolute atomic E-state index is 12.6. The third-order valence-electron chi connectivity index (χ3n) is 3.56. The van der Waals surface area contributed by atoms with Gasteiger partial charge >= 0.3 is 0 Å². The number of rotatable bonds is 2. The topological polar surface area (TPSA) is 40.6 Å². The number of anilines is 1. The van der Waals surface area contributed by atoms with Crippen molar-refractivity contribution in [2.75, 3.05) is 11.6 Å². The summed E-state index contributed by atoms with van der Waals surface area (Å²) in [6.07, 6.45) is 0.354. The fraction of sp³-hybridized carbons (Fsp3) is 0.176. The molecule has 0 radical (unpaired) electrons. The summed E-state index contributed by atoms with van der Waals surface area (Å²) in [6.45, 7) is 2.49. The van der Waals surface area contributed by atoms with Crippen LogP contribution in [0.3, 0.4) is 0 Å². The molecule has 0 bridgehead atoms. The lowest BCUT2D eigenvalue weighted by Gasteiger charge is -2.28. The fourth-order valence-corrected chi connectivity index (χ4v) is 2.43. The summed E-state index contributed by atoms with van der Waals surface area (Å²) >= 11 is 0. The van der Waals surface area contributed by atoms with Crippen molar-refractivity contribution in [1.82, 2.24) is 5.01 Å². The quantitative estimate of drug-likeness (QED) is 0.794. The maximum Gasteiger partial charge on any atom is 0.279 e. The highest BCUT2D eigenvalue weighted by molar-refractivity contribution is 6.07. The van der Waals surface area contributed by atoms with Crippen LogP contribution < -0.4 is 5.01 Å². The molecule has 1 aliphatic heterocycles. The van der Waals surface area contributed by atoms with Gasteiger partial charge in [0, 0.05) is 18.5 Å². The Labute approximate surface area is 123 Å². The number of hydrogen-bond donors (Lipinski definition) is 0. The van der Waals surface area contributed by atoms with Crippen LogP contribution in [0.2, 0.25) is 0 Å². The van der Waals surface area contributed by atoms with Crippen LogP contribution in [0.1, 0.15) is 22.3 Å². The van der Waals surface area contributed by atoms with Crippen LogP contribution in [0.5, 0.6) is 0 Å². The molecular weight excluding hydrogens is 264 g/mol. The molecule has 2 aromatic rings. The van der Waals surface area contributed by atoms with Crippen molar-refractivity contribution in [3.8, 4) is 0 Å². The number of para-hydroxylation sites is 1. The Kier molecular flexibility index (Phi) is 3.44. The van der Waals surface area contributed by atoms with Gasteiger partial charge in [0.1, 0.15) is 0 Å². The van der Waals surface area contributed by atoms with Gasteiger partial charge in [-0.15, -0.1) is 0 Å². The first kappa shape index (κ1) is 13.4. The summed E-state index contributed by atoms with van der Waals surface area (Å²) in [5.41, 5.74) is 2.46. The molecule has 2 aromatic carbocycles. The van der Waals surface area contributed by atoms with Gasteiger partial charge in [0.05, 0.1) is 5.69 Å². The molecule has 1 fully saturated rings. The molecule has 3 rings (SSSR count). The standard InChI is InChI=1S/C17H16N2O2/c1-13-7-9-14(10-8-13)17(21)19-16(20)11-12-18(19)15-5-3-2-4-6-15/h2-10H,11-12H2,1H3. The third-order valence-corrected chi connectivity index (χ3v) is 3.56. The fourth-order valence-electron chi connectivity index (χ4n) is 2.43. The van der Waals surface area contributed by atoms with E-state index >= 15 is 0 Å². The zero-order valence-electron chi connectivity index (χ0n) is 11.8. The predicted molar refractivity (Wildman–Crippen MR) is 80.8 cm³/mol. The molecule has 1 aliphatic rings. The number of hydrogen-bond acceptors (Lipinski definition) is 3. The summed E-state index contributed by atoms with van der Waals surface area (Å²) in [5, 5.41) is 2.99. The lowest BCUT2D eigenvalue weighted by Crippen LogP contribution is -2.43. The van der Waals surface area contributed by atoms with Crippen molar-refractivity contribution >= 4 is 17.5 Å². The molecule has 0 unspecified atom stereocenters. The molecule has 0 atom stereocenters. The van der Waals surface area contributed by atoms with E-state index in [9.17, 15) is 9.59 Å². The maximum atomic E-state index is 12.6. The van der Waals surface area contributed by atoms with Crippen molar-refractivity contribution in [3.05, 3.63) is 65.7 Å². The molecule has 0 N–H and O–H groups in total. The summed E-state index contributed by atoms with van der Waals surface area (Å²) in [4.78, 5) is 24.7. The highest BCUT2D eigenvalue weighted by atomic mass is 16.2. The van der Waals surface area contributed by atoms with Crippen LogP contribution in [0.4, 0.5) is 5.69 Å². The van der Waals surface area contributed by atoms with E-state index < -0.39 is 0 Å². The summed E-state index contributed by atoms with van der Waals surface area (Å²) in [6, 6.07) is 16.8. The minimum atomic E-state index is -0.277. The van der Waals surface area contributed by atoms with Gasteiger partial charge in [0.2, 0.25) is 5.91 Å². The summed E-state index contributed by atoms with van der Waals surface area (Å²) in [5.74, 6) is -0.439. The van der Waals surface area contributed by atoms with Gasteiger partial charge in [0.15, 0.2) is 0 Å². The van der Waals surface area contributed by atoms with Crippen LogP contribution in [0.15, 0.2) is 54.6 Å². The normalized spacial score (nSPS) is 14.6. The molecule has 21 heavy (non-hydrogen) atoms. The largest absolute Gasteiger partial charge is 0.279 e. The number of imide groups is 1. The molecule has 1 saturated heterocycles. The molecular formula is C17H16N2O2. The number of hydrazine groups is 1. The number of carbonyl (C=O) groups excluding carboxylic acids is 2. The number of nitrogens with zero attached hydrogens (tertiary/aromatic N) is 2. The number of carbonyl (C=O) groups is 2. The van der Waals surface area contributed by atoms with Crippen LogP contribution in [0, 0.1) is 6.92 Å². The Balaban J connectivity index is 1.92. The van der Waals surface area contributed by atoms with E-state index in [1.54, 1.807) is 17.1 Å². The third kappa shape index (κ3) is 2.52. The van der Waals surface area contributed by atoms with Gasteiger partial charge in [-0.1, -0.05) is 35.9 Å². The second kappa shape index (κ2) is 5.40. The van der Waals surface area contributed by atoms with Crippen molar-refractivity contribution in [2.24, 2.45) is 0 Å². The van der Waals surface area contributed by atoms with E-state index in [2.05, 4.69) is 0 Å². The summed E-state index contributed by atoms with van der Waals surface area (Å²) < 4.78 is 0. The molecule has 2 amide bonds. The molecule has 4 heteroatoms. The van der Waals surface area contributed by atoms with E-state index in [4.69, 9.17) is 0 Å². The molecule has 106 valence electrons. The van der Waals surface area contributed by atoms with Gasteiger partial charge in [-0.2, -0.15) is 5.01 Å². The zero-order valence-corrected chi connectivity index (χ0v) is 11.8. The van der Waals surface area contributed by atoms with E-state index in [1.807, 2.05) is 49.4 Å². The minimum absolute atomic E-state index is 0.163. The molecule has 1 heterocycles. The first-order chi connectivity index (χ1) is 10.2. The monoisotopic (exact) mass is 280 g/mol. The zero-order chi connectivity index (χ0) is 14.8. The van der Waals surface area contributed by atoms with Crippen molar-refractivity contribution < 1.29 is 9.59 Å². The van der Waals surface area contributed by atoms with Gasteiger partial charge in [0.25, 0.3) is 5.91 Å². The van der Waals surface area contributed by atoms with Crippen LogP contribution >= 0.6 is 0 Å². The number of amides is 2. The Morgan fingerprint density at radius 2 is 1.67 bits per heavy atom. The first-order valence-electron chi connectivity index (χ1n) is 6.93. The lowest BCUT2D eigenvalue weighted by atomic mass is 10.1. The average Bonchev–Trinajstić information content (AvgIpc) is 2.90. The average molecular weight is 280 g/mol. The Morgan fingerprint density at radius 3 is 2.33 bits per heavy atom. The highest BCUT2D eigenvalue weighted by Crippen LogP contribution is 2.24. The molecule has 4 nitrogen and oxygen atoms in total. The lowest BCUT2D eigenvalue weighted by molar-refractivity contribution is -0.125. The first-order valence-corrected chi connectivity index (χ1v) is 6.93. The van der Waals surface area contributed by atoms with E-state index in [0.29, 0.717) is 18.5 Å². The van der Waals surface area contributed by atoms with E-state index in [-0.39, 0.29) is 11.8 Å². The molecule has 0 aliphatic carbocycles. The van der Waals surface area contributed by atoms with Crippen molar-refractivity contribution in [1.29, 1.82) is 0 Å². The second-order valence-electron chi connectivity index (χ2n) is 5.09. The Hall–Kier alpha value is -2.62. The van der Waals surface area contributed by atoms with Crippen LogP contribution in [-0.2, 0) is 4.79 Å². The SMILES string of the molecule is Cc1ccc(C(=O)N2C(=O)CCN2c2ccccc2)cc1. The molecule has 0 saturated carbocycles. The Bertz CT molecular complexity index is 665. The van der Waals surface area contributed by atoms with Gasteiger partial charge in [-0.05, 0) is 31.2 Å². The Morgan fingerprint density at radius 1 is 1.00 bits per heavy atom. The van der Waals surface area contributed by atoms with Gasteiger partial charge < -0.3 is 0 Å². The smallest absolute Gasteiger partial charge is 0.275 e. The predicted octanol–water partition coefficient (Wildman–Crippen LogP) is 2.79. The molecule has 0 spiro atoms. The van der Waals surface area contributed by atoms with Crippen LogP contribution in [0.25, 0.3) is 0 Å². The van der Waals surface area contributed by atoms with Gasteiger partial charge in [-0.3, -0.25) is 14.6 Å².